The smallest absolute Gasteiger partial charge is 0.231 e. The molecule has 2 aromatic carbocycles. The maximum absolute atomic E-state index is 12.4. The Hall–Kier alpha value is -2.65. The molecule has 1 N–H and O–H groups in total. The van der Waals surface area contributed by atoms with Crippen LogP contribution in [-0.4, -0.2) is 33.7 Å². The normalized spacial score (nSPS) is 14.2. The van der Waals surface area contributed by atoms with Crippen LogP contribution in [0.3, 0.4) is 0 Å². The number of hydrogen-bond donors (Lipinski definition) is 1. The lowest BCUT2D eigenvalue weighted by Crippen LogP contribution is -2.18. The molecule has 2 aliphatic heterocycles. The highest BCUT2D eigenvalue weighted by atomic mass is 35.5. The minimum absolute atomic E-state index is 0.0469. The number of amides is 1. The summed E-state index contributed by atoms with van der Waals surface area (Å²) in [6, 6.07) is 8.08. The van der Waals surface area contributed by atoms with Gasteiger partial charge in [0.15, 0.2) is 32.8 Å². The third-order valence-corrected chi connectivity index (χ3v) is 6.05. The first-order valence-corrected chi connectivity index (χ1v) is 10.6. The third kappa shape index (κ3) is 4.10. The fraction of sp³-hybridized carbons (Fsp3) is 0.278. The first-order chi connectivity index (χ1) is 13.4. The maximum atomic E-state index is 12.4. The van der Waals surface area contributed by atoms with Crippen molar-refractivity contribution in [3.8, 4) is 23.0 Å². The topological polar surface area (TPSA) is 100 Å². The predicted octanol–water partition coefficient (Wildman–Crippen LogP) is 2.74. The lowest BCUT2D eigenvalue weighted by atomic mass is 10.2. The average Bonchev–Trinajstić information content (AvgIpc) is 3.28. The van der Waals surface area contributed by atoms with Gasteiger partial charge < -0.3 is 24.3 Å². The van der Waals surface area contributed by atoms with Crippen LogP contribution in [0.25, 0.3) is 0 Å². The molecular weight excluding hydrogens is 410 g/mol. The largest absolute Gasteiger partial charge is 0.454 e. The molecule has 8 nitrogen and oxygen atoms in total. The predicted molar refractivity (Wildman–Crippen MR) is 101 cm³/mol. The van der Waals surface area contributed by atoms with Crippen molar-refractivity contribution in [3.63, 3.8) is 0 Å². The van der Waals surface area contributed by atoms with E-state index in [-0.39, 0.29) is 31.5 Å². The van der Waals surface area contributed by atoms with Gasteiger partial charge in [0, 0.05) is 18.2 Å². The summed E-state index contributed by atoms with van der Waals surface area (Å²) in [5.41, 5.74) is 0.986. The second-order valence-corrected chi connectivity index (χ2v) is 8.86. The molecule has 0 atom stereocenters. The van der Waals surface area contributed by atoms with Gasteiger partial charge in [0.2, 0.25) is 19.5 Å². The number of fused-ring (bicyclic) bond motifs is 2. The molecule has 0 saturated heterocycles. The van der Waals surface area contributed by atoms with Crippen molar-refractivity contribution in [1.82, 2.24) is 0 Å². The summed E-state index contributed by atoms with van der Waals surface area (Å²) >= 11 is 6.08. The van der Waals surface area contributed by atoms with Crippen LogP contribution in [0, 0.1) is 0 Å². The minimum atomic E-state index is -3.53. The number of benzene rings is 2. The fourth-order valence-electron chi connectivity index (χ4n) is 2.88. The van der Waals surface area contributed by atoms with E-state index >= 15 is 0 Å². The van der Waals surface area contributed by atoms with Crippen molar-refractivity contribution in [2.24, 2.45) is 0 Å². The Morgan fingerprint density at radius 2 is 1.75 bits per heavy atom. The van der Waals surface area contributed by atoms with E-state index in [1.807, 2.05) is 0 Å². The average molecular weight is 426 g/mol. The van der Waals surface area contributed by atoms with Crippen LogP contribution in [0.15, 0.2) is 30.3 Å². The molecule has 0 unspecified atom stereocenters. The summed E-state index contributed by atoms with van der Waals surface area (Å²) in [6.07, 6.45) is -0.172. The van der Waals surface area contributed by atoms with Gasteiger partial charge in [-0.15, -0.1) is 0 Å². The van der Waals surface area contributed by atoms with Crippen LogP contribution in [-0.2, 0) is 20.4 Å². The van der Waals surface area contributed by atoms with Crippen LogP contribution < -0.4 is 24.3 Å². The Morgan fingerprint density at radius 1 is 1.00 bits per heavy atom. The molecule has 28 heavy (non-hydrogen) atoms. The number of hydrogen-bond acceptors (Lipinski definition) is 7. The monoisotopic (exact) mass is 425 g/mol. The molecule has 2 aliphatic rings. The molecule has 2 heterocycles. The summed E-state index contributed by atoms with van der Waals surface area (Å²) in [7, 11) is -3.53. The SMILES string of the molecule is O=C(CCS(=O)(=O)Cc1cc(Cl)c2c(c1)OCO2)Nc1ccc2c(c1)OCO2. The van der Waals surface area contributed by atoms with Gasteiger partial charge in [0.1, 0.15) is 0 Å². The molecule has 4 rings (SSSR count). The maximum Gasteiger partial charge on any atom is 0.231 e. The van der Waals surface area contributed by atoms with Gasteiger partial charge in [-0.2, -0.15) is 0 Å². The lowest BCUT2D eigenvalue weighted by molar-refractivity contribution is -0.115. The van der Waals surface area contributed by atoms with Gasteiger partial charge in [-0.1, -0.05) is 11.6 Å². The standard InChI is InChI=1S/C18H16ClNO7S/c19-13-5-11(6-16-18(13)27-10-26-16)8-28(22,23)4-3-17(21)20-12-1-2-14-15(7-12)25-9-24-14/h1-2,5-7H,3-4,8-10H2,(H,20,21). The fourth-order valence-corrected chi connectivity index (χ4v) is 4.48. The number of rotatable bonds is 6. The number of anilines is 1. The van der Waals surface area contributed by atoms with Crippen molar-refractivity contribution in [1.29, 1.82) is 0 Å². The Kier molecular flexibility index (Phi) is 4.94. The van der Waals surface area contributed by atoms with Gasteiger partial charge in [-0.25, -0.2) is 8.42 Å². The summed E-state index contributed by atoms with van der Waals surface area (Å²) in [4.78, 5) is 12.1. The molecule has 1 amide bonds. The summed E-state index contributed by atoms with van der Waals surface area (Å²) in [5, 5.41) is 2.95. The number of carbonyl (C=O) groups excluding carboxylic acids is 1. The first kappa shape index (κ1) is 18.7. The second kappa shape index (κ2) is 7.40. The summed E-state index contributed by atoms with van der Waals surface area (Å²) in [5.74, 6) is 0.999. The molecule has 0 saturated carbocycles. The molecular formula is C18H16ClNO7S. The zero-order valence-corrected chi connectivity index (χ0v) is 16.1. The van der Waals surface area contributed by atoms with E-state index in [4.69, 9.17) is 30.5 Å². The van der Waals surface area contributed by atoms with Crippen LogP contribution in [0.2, 0.25) is 5.02 Å². The molecule has 0 radical (unpaired) electrons. The molecule has 0 aromatic heterocycles. The molecule has 10 heteroatoms. The number of carbonyl (C=O) groups is 1. The minimum Gasteiger partial charge on any atom is -0.454 e. The zero-order valence-electron chi connectivity index (χ0n) is 14.6. The highest BCUT2D eigenvalue weighted by molar-refractivity contribution is 7.90. The van der Waals surface area contributed by atoms with Gasteiger partial charge >= 0.3 is 0 Å². The molecule has 148 valence electrons. The number of nitrogens with one attached hydrogen (secondary N) is 1. The first-order valence-electron chi connectivity index (χ1n) is 8.37. The Bertz CT molecular complexity index is 1040. The number of ether oxygens (including phenoxy) is 4. The second-order valence-electron chi connectivity index (χ2n) is 6.27. The summed E-state index contributed by atoms with van der Waals surface area (Å²) < 4.78 is 45.7. The number of halogens is 1. The molecule has 0 bridgehead atoms. The zero-order chi connectivity index (χ0) is 19.7. The van der Waals surface area contributed by atoms with Gasteiger partial charge in [0.25, 0.3) is 0 Å². The van der Waals surface area contributed by atoms with E-state index in [0.29, 0.717) is 39.3 Å². The summed E-state index contributed by atoms with van der Waals surface area (Å²) in [6.45, 7) is 0.181. The van der Waals surface area contributed by atoms with E-state index in [1.54, 1.807) is 24.3 Å². The van der Waals surface area contributed by atoms with Crippen LogP contribution in [0.5, 0.6) is 23.0 Å². The van der Waals surface area contributed by atoms with Gasteiger partial charge in [-0.3, -0.25) is 4.79 Å². The molecule has 2 aromatic rings. The molecule has 0 fully saturated rings. The van der Waals surface area contributed by atoms with Gasteiger partial charge in [-0.05, 0) is 29.8 Å². The highest BCUT2D eigenvalue weighted by Gasteiger charge is 2.22. The van der Waals surface area contributed by atoms with Crippen LogP contribution in [0.1, 0.15) is 12.0 Å². The Morgan fingerprint density at radius 3 is 2.61 bits per heavy atom. The highest BCUT2D eigenvalue weighted by Crippen LogP contribution is 2.40. The quantitative estimate of drug-likeness (QED) is 0.759. The van der Waals surface area contributed by atoms with Crippen LogP contribution in [0.4, 0.5) is 5.69 Å². The lowest BCUT2D eigenvalue weighted by Gasteiger charge is -2.08. The van der Waals surface area contributed by atoms with E-state index in [1.165, 1.54) is 6.07 Å². The van der Waals surface area contributed by atoms with E-state index < -0.39 is 15.7 Å². The Labute approximate surface area is 166 Å². The van der Waals surface area contributed by atoms with E-state index in [9.17, 15) is 13.2 Å². The van der Waals surface area contributed by atoms with Crippen molar-refractivity contribution in [2.75, 3.05) is 24.7 Å². The third-order valence-electron chi connectivity index (χ3n) is 4.17. The number of sulfone groups is 1. The Balaban J connectivity index is 1.35. The molecule has 0 spiro atoms. The van der Waals surface area contributed by atoms with E-state index in [0.717, 1.165) is 0 Å². The van der Waals surface area contributed by atoms with Crippen molar-refractivity contribution >= 4 is 33.0 Å². The van der Waals surface area contributed by atoms with Gasteiger partial charge in [0.05, 0.1) is 16.5 Å². The van der Waals surface area contributed by atoms with E-state index in [2.05, 4.69) is 5.32 Å². The van der Waals surface area contributed by atoms with Crippen LogP contribution >= 0.6 is 11.6 Å². The van der Waals surface area contributed by atoms with Crippen molar-refractivity contribution < 1.29 is 32.2 Å². The van der Waals surface area contributed by atoms with Crippen molar-refractivity contribution in [2.45, 2.75) is 12.2 Å². The molecule has 0 aliphatic carbocycles. The van der Waals surface area contributed by atoms with Crippen molar-refractivity contribution in [3.05, 3.63) is 40.9 Å².